The fraction of sp³-hybridized carbons (Fsp3) is 0.500. The summed E-state index contributed by atoms with van der Waals surface area (Å²) in [4.78, 5) is 2.33. The molecule has 4 atom stereocenters. The van der Waals surface area contributed by atoms with Crippen molar-refractivity contribution in [3.05, 3.63) is 11.1 Å². The number of hydrogen-bond acceptors (Lipinski definition) is 5. The lowest BCUT2D eigenvalue weighted by atomic mass is 9.90. The smallest absolute Gasteiger partial charge is 0.197 e. The highest BCUT2D eigenvalue weighted by molar-refractivity contribution is 5.52. The number of rotatable bonds is 0. The number of aliphatic hydroxyl groups excluding tert-OH is 2. The molecule has 3 heterocycles. The van der Waals surface area contributed by atoms with Crippen LogP contribution in [0.2, 0.25) is 0 Å². The van der Waals surface area contributed by atoms with Crippen LogP contribution in [0.15, 0.2) is 0 Å². The van der Waals surface area contributed by atoms with Crippen LogP contribution in [0, 0.1) is 0 Å². The molecule has 0 aliphatic carbocycles. The average Bonchev–Trinajstić information content (AvgIpc) is 2.71. The Labute approximate surface area is 78.4 Å². The molecule has 0 aromatic carbocycles. The van der Waals surface area contributed by atoms with E-state index in [0.29, 0.717) is 11.1 Å². The van der Waals surface area contributed by atoms with Crippen molar-refractivity contribution in [1.82, 2.24) is 4.98 Å². The fourth-order valence-corrected chi connectivity index (χ4v) is 2.23. The van der Waals surface area contributed by atoms with Crippen LogP contribution in [-0.2, 0) is 4.74 Å². The number of aromatic hydroxyl groups is 2. The first-order valence-corrected chi connectivity index (χ1v) is 4.26. The molecule has 6 heteroatoms. The molecular weight excluding hydrogens is 190 g/mol. The minimum absolute atomic E-state index is 0.212. The van der Waals surface area contributed by atoms with Crippen molar-refractivity contribution in [3.63, 3.8) is 0 Å². The Kier molecular flexibility index (Phi) is 1.28. The van der Waals surface area contributed by atoms with E-state index in [4.69, 9.17) is 4.74 Å². The highest BCUT2D eigenvalue weighted by Crippen LogP contribution is 2.56. The third-order valence-corrected chi connectivity index (χ3v) is 2.87. The first-order valence-electron chi connectivity index (χ1n) is 4.26. The zero-order valence-electron chi connectivity index (χ0n) is 7.01. The predicted molar refractivity (Wildman–Crippen MR) is 42.7 cm³/mol. The van der Waals surface area contributed by atoms with Crippen LogP contribution in [0.25, 0.3) is 0 Å². The number of aromatic amines is 1. The molecule has 0 radical (unpaired) electrons. The standard InChI is InChI=1S/C8H9NO5/c10-3-4(11)6-2-1(5(3)14-6)7(12)9-8(2)13/h3-6,9-13H. The van der Waals surface area contributed by atoms with Gasteiger partial charge in [0.05, 0.1) is 11.1 Å². The Bertz CT molecular complexity index is 366. The second kappa shape index (κ2) is 2.22. The van der Waals surface area contributed by atoms with E-state index in [1.807, 2.05) is 0 Å². The highest BCUT2D eigenvalue weighted by Gasteiger charge is 2.55. The second-order valence-electron chi connectivity index (χ2n) is 3.61. The van der Waals surface area contributed by atoms with E-state index in [1.54, 1.807) is 0 Å². The molecule has 3 rings (SSSR count). The summed E-state index contributed by atoms with van der Waals surface area (Å²) >= 11 is 0. The highest BCUT2D eigenvalue weighted by atomic mass is 16.5. The first-order chi connectivity index (χ1) is 6.61. The van der Waals surface area contributed by atoms with Crippen LogP contribution in [0.1, 0.15) is 23.3 Å². The van der Waals surface area contributed by atoms with Crippen molar-refractivity contribution in [1.29, 1.82) is 0 Å². The number of aromatic nitrogens is 1. The van der Waals surface area contributed by atoms with Gasteiger partial charge in [-0.25, -0.2) is 0 Å². The maximum absolute atomic E-state index is 9.49. The van der Waals surface area contributed by atoms with Crippen LogP contribution < -0.4 is 0 Å². The van der Waals surface area contributed by atoms with Crippen LogP contribution in [0.5, 0.6) is 11.8 Å². The molecule has 0 spiro atoms. The molecule has 1 aromatic rings. The number of ether oxygens (including phenoxy) is 1. The molecule has 4 unspecified atom stereocenters. The first kappa shape index (κ1) is 8.10. The van der Waals surface area contributed by atoms with Crippen molar-refractivity contribution >= 4 is 0 Å². The van der Waals surface area contributed by atoms with E-state index in [9.17, 15) is 20.4 Å². The summed E-state index contributed by atoms with van der Waals surface area (Å²) in [6.45, 7) is 0. The van der Waals surface area contributed by atoms with Crippen molar-refractivity contribution in [2.45, 2.75) is 24.4 Å². The third-order valence-electron chi connectivity index (χ3n) is 2.87. The van der Waals surface area contributed by atoms with Gasteiger partial charge in [-0.1, -0.05) is 0 Å². The Balaban J connectivity index is 2.21. The molecule has 2 aliphatic heterocycles. The van der Waals surface area contributed by atoms with Gasteiger partial charge in [-0.15, -0.1) is 0 Å². The summed E-state index contributed by atoms with van der Waals surface area (Å²) in [6.07, 6.45) is -3.59. The summed E-state index contributed by atoms with van der Waals surface area (Å²) in [5, 5.41) is 37.8. The minimum atomic E-state index is -1.05. The summed E-state index contributed by atoms with van der Waals surface area (Å²) in [5.74, 6) is -0.424. The predicted octanol–water partition coefficient (Wildman–Crippen LogP) is -0.726. The lowest BCUT2D eigenvalue weighted by molar-refractivity contribution is 0.0211. The molecule has 0 amide bonds. The second-order valence-corrected chi connectivity index (χ2v) is 3.61. The largest absolute Gasteiger partial charge is 0.494 e. The molecule has 5 N–H and O–H groups in total. The van der Waals surface area contributed by atoms with Crippen LogP contribution in [0.3, 0.4) is 0 Å². The van der Waals surface area contributed by atoms with Crippen molar-refractivity contribution in [3.8, 4) is 11.8 Å². The van der Waals surface area contributed by atoms with Gasteiger partial charge in [-0.05, 0) is 0 Å². The van der Waals surface area contributed by atoms with E-state index in [2.05, 4.69) is 4.98 Å². The molecule has 2 bridgehead atoms. The minimum Gasteiger partial charge on any atom is -0.494 e. The lowest BCUT2D eigenvalue weighted by Gasteiger charge is -2.18. The Morgan fingerprint density at radius 1 is 0.929 bits per heavy atom. The van der Waals surface area contributed by atoms with E-state index < -0.39 is 24.4 Å². The van der Waals surface area contributed by atoms with Gasteiger partial charge < -0.3 is 25.2 Å². The molecule has 76 valence electrons. The van der Waals surface area contributed by atoms with Gasteiger partial charge in [-0.3, -0.25) is 4.98 Å². The van der Waals surface area contributed by atoms with Gasteiger partial charge in [0, 0.05) is 0 Å². The maximum Gasteiger partial charge on any atom is 0.197 e. The third kappa shape index (κ3) is 0.682. The molecule has 1 saturated heterocycles. The number of fused-ring (bicyclic) bond motifs is 5. The Morgan fingerprint density at radius 3 is 1.79 bits per heavy atom. The fourth-order valence-electron chi connectivity index (χ4n) is 2.23. The number of aliphatic hydroxyl groups is 2. The quantitative estimate of drug-likeness (QED) is 0.379. The lowest BCUT2D eigenvalue weighted by Crippen LogP contribution is -2.30. The number of H-pyrrole nitrogens is 1. The van der Waals surface area contributed by atoms with Crippen molar-refractivity contribution in [2.24, 2.45) is 0 Å². The van der Waals surface area contributed by atoms with E-state index >= 15 is 0 Å². The van der Waals surface area contributed by atoms with Crippen molar-refractivity contribution in [2.75, 3.05) is 0 Å². The van der Waals surface area contributed by atoms with E-state index in [-0.39, 0.29) is 11.8 Å². The van der Waals surface area contributed by atoms with Crippen LogP contribution >= 0.6 is 0 Å². The summed E-state index contributed by atoms with van der Waals surface area (Å²) in [5.41, 5.74) is 0.704. The molecule has 2 aliphatic rings. The van der Waals surface area contributed by atoms with E-state index in [1.165, 1.54) is 0 Å². The number of nitrogens with one attached hydrogen (secondary N) is 1. The molecule has 0 saturated carbocycles. The number of hydrogen-bond donors (Lipinski definition) is 5. The monoisotopic (exact) mass is 199 g/mol. The van der Waals surface area contributed by atoms with Crippen molar-refractivity contribution < 1.29 is 25.2 Å². The zero-order valence-corrected chi connectivity index (χ0v) is 7.01. The van der Waals surface area contributed by atoms with Gasteiger partial charge >= 0.3 is 0 Å². The summed E-state index contributed by atoms with van der Waals surface area (Å²) in [6, 6.07) is 0. The van der Waals surface area contributed by atoms with Gasteiger partial charge in [0.2, 0.25) is 0 Å². The topological polar surface area (TPSA) is 106 Å². The molecule has 1 aromatic heterocycles. The van der Waals surface area contributed by atoms with Crippen LogP contribution in [-0.4, -0.2) is 37.6 Å². The van der Waals surface area contributed by atoms with Gasteiger partial charge in [0.25, 0.3) is 0 Å². The SMILES string of the molecule is Oc1[nH]c(O)c2c1C1OC2C(O)C1O. The molecule has 1 fully saturated rings. The molecule has 6 nitrogen and oxygen atoms in total. The van der Waals surface area contributed by atoms with Gasteiger partial charge in [-0.2, -0.15) is 0 Å². The van der Waals surface area contributed by atoms with Crippen LogP contribution in [0.4, 0.5) is 0 Å². The summed E-state index contributed by atoms with van der Waals surface area (Å²) < 4.78 is 5.23. The Morgan fingerprint density at radius 2 is 1.36 bits per heavy atom. The van der Waals surface area contributed by atoms with Gasteiger partial charge in [0.15, 0.2) is 11.8 Å². The zero-order chi connectivity index (χ0) is 10.0. The maximum atomic E-state index is 9.49. The molecular formula is C8H9NO5. The molecule has 14 heavy (non-hydrogen) atoms. The van der Waals surface area contributed by atoms with Gasteiger partial charge in [0.1, 0.15) is 24.4 Å². The Hall–Kier alpha value is -1.24. The normalized spacial score (nSPS) is 39.0. The average molecular weight is 199 g/mol. The summed E-state index contributed by atoms with van der Waals surface area (Å²) in [7, 11) is 0. The van der Waals surface area contributed by atoms with E-state index in [0.717, 1.165) is 0 Å².